The molecule has 0 fully saturated rings. The van der Waals surface area contributed by atoms with Crippen LogP contribution in [0.4, 0.5) is 13.2 Å². The van der Waals surface area contributed by atoms with Crippen molar-refractivity contribution in [2.24, 2.45) is 0 Å². The molecule has 0 aliphatic heterocycles. The number of aromatic amines is 1. The van der Waals surface area contributed by atoms with Crippen LogP contribution in [0.5, 0.6) is 0 Å². The van der Waals surface area contributed by atoms with Crippen molar-refractivity contribution in [1.82, 2.24) is 9.97 Å². The number of nitrogens with zero attached hydrogens (tertiary/aromatic N) is 1. The standard InChI is InChI=1S/C12H11F3N2/c1-2-9-16-10(8-6-4-3-5-7-8)11(17-9)12(13,14)15/h3-7H,2H2,1H3,(H,16,17). The zero-order valence-electron chi connectivity index (χ0n) is 9.17. The van der Waals surface area contributed by atoms with E-state index < -0.39 is 11.9 Å². The van der Waals surface area contributed by atoms with Crippen molar-refractivity contribution in [2.75, 3.05) is 0 Å². The monoisotopic (exact) mass is 240 g/mol. The van der Waals surface area contributed by atoms with E-state index >= 15 is 0 Å². The van der Waals surface area contributed by atoms with Crippen LogP contribution in [0.15, 0.2) is 30.3 Å². The highest BCUT2D eigenvalue weighted by Crippen LogP contribution is 2.35. The number of halogens is 3. The van der Waals surface area contributed by atoms with Gasteiger partial charge in [-0.05, 0) is 0 Å². The number of nitrogens with one attached hydrogen (secondary N) is 1. The molecule has 2 aromatic rings. The minimum atomic E-state index is -4.41. The number of aryl methyl sites for hydroxylation is 1. The number of alkyl halides is 3. The highest BCUT2D eigenvalue weighted by Gasteiger charge is 2.36. The van der Waals surface area contributed by atoms with E-state index in [0.29, 0.717) is 17.8 Å². The zero-order valence-corrected chi connectivity index (χ0v) is 9.17. The van der Waals surface area contributed by atoms with Crippen LogP contribution in [0, 0.1) is 0 Å². The molecule has 0 bridgehead atoms. The normalized spacial score (nSPS) is 11.8. The summed E-state index contributed by atoms with van der Waals surface area (Å²) in [5.74, 6) is 0.344. The van der Waals surface area contributed by atoms with E-state index in [-0.39, 0.29) is 5.69 Å². The lowest BCUT2D eigenvalue weighted by molar-refractivity contribution is -0.140. The Morgan fingerprint density at radius 3 is 2.35 bits per heavy atom. The molecule has 1 aromatic carbocycles. The van der Waals surface area contributed by atoms with Crippen LogP contribution in [0.1, 0.15) is 18.4 Å². The Kier molecular flexibility index (Phi) is 2.92. The lowest BCUT2D eigenvalue weighted by Crippen LogP contribution is -2.07. The number of aromatic nitrogens is 2. The van der Waals surface area contributed by atoms with E-state index in [2.05, 4.69) is 9.97 Å². The average molecular weight is 240 g/mol. The third-order valence-corrected chi connectivity index (χ3v) is 2.42. The SMILES string of the molecule is CCc1nc(-c2ccccc2)c(C(F)(F)F)[nH]1. The fourth-order valence-corrected chi connectivity index (χ4v) is 1.60. The van der Waals surface area contributed by atoms with Crippen LogP contribution < -0.4 is 0 Å². The molecule has 90 valence electrons. The average Bonchev–Trinajstić information content (AvgIpc) is 2.74. The van der Waals surface area contributed by atoms with Crippen molar-refractivity contribution >= 4 is 0 Å². The van der Waals surface area contributed by atoms with Gasteiger partial charge >= 0.3 is 6.18 Å². The summed E-state index contributed by atoms with van der Waals surface area (Å²) in [6.07, 6.45) is -3.97. The van der Waals surface area contributed by atoms with Crippen LogP contribution in [0.25, 0.3) is 11.3 Å². The van der Waals surface area contributed by atoms with Gasteiger partial charge in [-0.3, -0.25) is 0 Å². The van der Waals surface area contributed by atoms with Crippen molar-refractivity contribution < 1.29 is 13.2 Å². The van der Waals surface area contributed by atoms with E-state index in [4.69, 9.17) is 0 Å². The smallest absolute Gasteiger partial charge is 0.338 e. The van der Waals surface area contributed by atoms with Crippen molar-refractivity contribution in [3.05, 3.63) is 41.9 Å². The van der Waals surface area contributed by atoms with Gasteiger partial charge in [0.2, 0.25) is 0 Å². The van der Waals surface area contributed by atoms with Crippen LogP contribution >= 0.6 is 0 Å². The Labute approximate surface area is 96.5 Å². The van der Waals surface area contributed by atoms with E-state index in [0.717, 1.165) is 0 Å². The van der Waals surface area contributed by atoms with Crippen molar-refractivity contribution in [1.29, 1.82) is 0 Å². The molecule has 0 saturated heterocycles. The first-order chi connectivity index (χ1) is 8.02. The van der Waals surface area contributed by atoms with Crippen LogP contribution in [0.3, 0.4) is 0 Å². The zero-order chi connectivity index (χ0) is 12.5. The molecule has 5 heteroatoms. The van der Waals surface area contributed by atoms with E-state index in [1.54, 1.807) is 37.3 Å². The highest BCUT2D eigenvalue weighted by atomic mass is 19.4. The molecule has 1 heterocycles. The maximum Gasteiger partial charge on any atom is 0.433 e. The van der Waals surface area contributed by atoms with Gasteiger partial charge in [-0.15, -0.1) is 0 Å². The van der Waals surface area contributed by atoms with E-state index in [1.807, 2.05) is 0 Å². The largest absolute Gasteiger partial charge is 0.433 e. The summed E-state index contributed by atoms with van der Waals surface area (Å²) in [6, 6.07) is 8.37. The van der Waals surface area contributed by atoms with Gasteiger partial charge in [-0.2, -0.15) is 13.2 Å². The minimum Gasteiger partial charge on any atom is -0.338 e. The van der Waals surface area contributed by atoms with Crippen molar-refractivity contribution in [2.45, 2.75) is 19.5 Å². The summed E-state index contributed by atoms with van der Waals surface area (Å²) in [5.41, 5.74) is -0.341. The molecule has 2 rings (SSSR count). The molecule has 0 unspecified atom stereocenters. The molecule has 2 nitrogen and oxygen atoms in total. The number of imidazole rings is 1. The molecule has 0 aliphatic carbocycles. The van der Waals surface area contributed by atoms with Crippen LogP contribution in [0.2, 0.25) is 0 Å². The Balaban J connectivity index is 2.57. The lowest BCUT2D eigenvalue weighted by atomic mass is 10.1. The molecular formula is C12H11F3N2. The fourth-order valence-electron chi connectivity index (χ4n) is 1.60. The van der Waals surface area contributed by atoms with E-state index in [9.17, 15) is 13.2 Å². The van der Waals surface area contributed by atoms with Crippen molar-refractivity contribution in [3.8, 4) is 11.3 Å². The quantitative estimate of drug-likeness (QED) is 0.852. The van der Waals surface area contributed by atoms with Gasteiger partial charge in [0.05, 0.1) is 0 Å². The van der Waals surface area contributed by atoms with E-state index in [1.165, 1.54) is 0 Å². The first kappa shape index (κ1) is 11.7. The summed E-state index contributed by atoms with van der Waals surface area (Å²) in [6.45, 7) is 1.76. The number of H-pyrrole nitrogens is 1. The molecule has 17 heavy (non-hydrogen) atoms. The number of rotatable bonds is 2. The van der Waals surface area contributed by atoms with Crippen molar-refractivity contribution in [3.63, 3.8) is 0 Å². The number of hydrogen-bond donors (Lipinski definition) is 1. The van der Waals surface area contributed by atoms with Gasteiger partial charge in [0.15, 0.2) is 0 Å². The maximum atomic E-state index is 12.8. The van der Waals surface area contributed by atoms with Gasteiger partial charge in [0.1, 0.15) is 17.2 Å². The van der Waals surface area contributed by atoms with Gasteiger partial charge in [0.25, 0.3) is 0 Å². The van der Waals surface area contributed by atoms with Gasteiger partial charge < -0.3 is 4.98 Å². The second-order valence-corrected chi connectivity index (χ2v) is 3.62. The molecule has 0 amide bonds. The Morgan fingerprint density at radius 2 is 1.82 bits per heavy atom. The highest BCUT2D eigenvalue weighted by molar-refractivity contribution is 5.62. The molecule has 0 saturated carbocycles. The summed E-state index contributed by atoms with van der Waals surface area (Å²) < 4.78 is 38.4. The second-order valence-electron chi connectivity index (χ2n) is 3.62. The molecule has 1 aromatic heterocycles. The molecule has 0 spiro atoms. The minimum absolute atomic E-state index is 0.0325. The fraction of sp³-hybridized carbons (Fsp3) is 0.250. The molecule has 0 atom stereocenters. The number of benzene rings is 1. The molecule has 0 aliphatic rings. The first-order valence-electron chi connectivity index (χ1n) is 5.24. The molecule has 1 N–H and O–H groups in total. The lowest BCUT2D eigenvalue weighted by Gasteiger charge is -2.06. The third kappa shape index (κ3) is 2.33. The topological polar surface area (TPSA) is 28.7 Å². The molecule has 0 radical (unpaired) electrons. The third-order valence-electron chi connectivity index (χ3n) is 2.42. The van der Waals surface area contributed by atoms with Gasteiger partial charge in [0, 0.05) is 12.0 Å². The van der Waals surface area contributed by atoms with Gasteiger partial charge in [-0.1, -0.05) is 37.3 Å². The Morgan fingerprint density at radius 1 is 1.18 bits per heavy atom. The van der Waals surface area contributed by atoms with Gasteiger partial charge in [-0.25, -0.2) is 4.98 Å². The first-order valence-corrected chi connectivity index (χ1v) is 5.24. The number of hydrogen-bond acceptors (Lipinski definition) is 1. The summed E-state index contributed by atoms with van der Waals surface area (Å²) >= 11 is 0. The van der Waals surface area contributed by atoms with Crippen LogP contribution in [-0.4, -0.2) is 9.97 Å². The van der Waals surface area contributed by atoms with Crippen LogP contribution in [-0.2, 0) is 12.6 Å². The predicted molar refractivity (Wildman–Crippen MR) is 58.4 cm³/mol. The predicted octanol–water partition coefficient (Wildman–Crippen LogP) is 3.66. The summed E-state index contributed by atoms with van der Waals surface area (Å²) in [4.78, 5) is 6.32. The molecular weight excluding hydrogens is 229 g/mol. The second kappa shape index (κ2) is 4.24. The summed E-state index contributed by atoms with van der Waals surface area (Å²) in [7, 11) is 0. The maximum absolute atomic E-state index is 12.8. The Hall–Kier alpha value is -1.78. The Bertz CT molecular complexity index is 500. The summed E-state index contributed by atoms with van der Waals surface area (Å²) in [5, 5.41) is 0.